The number of aliphatic imine (C=N–C) groups is 1. The second-order valence-electron chi connectivity index (χ2n) is 7.26. The Morgan fingerprint density at radius 3 is 2.44 bits per heavy atom. The van der Waals surface area contributed by atoms with Crippen molar-refractivity contribution in [2.24, 2.45) is 10.9 Å². The fraction of sp³-hybridized carbons (Fsp3) is 0.350. The van der Waals surface area contributed by atoms with Gasteiger partial charge in [-0.1, -0.05) is 18.2 Å². The summed E-state index contributed by atoms with van der Waals surface area (Å²) in [6, 6.07) is 10.4. The number of hydrogen-bond donors (Lipinski definition) is 0. The summed E-state index contributed by atoms with van der Waals surface area (Å²) in [6.07, 6.45) is 0.972. The van der Waals surface area contributed by atoms with Crippen LogP contribution in [0, 0.1) is 26.7 Å². The summed E-state index contributed by atoms with van der Waals surface area (Å²) in [4.78, 5) is 20.7. The lowest BCUT2D eigenvalue weighted by atomic mass is 9.91. The van der Waals surface area contributed by atoms with Gasteiger partial charge in [-0.25, -0.2) is 15.0 Å². The Labute approximate surface area is 157 Å². The molecule has 7 heteroatoms. The summed E-state index contributed by atoms with van der Waals surface area (Å²) in [5.41, 5.74) is 3.76. The van der Waals surface area contributed by atoms with Crippen molar-refractivity contribution >= 4 is 17.2 Å². The standard InChI is InChI=1S/C20H21N7/c1-12-22-19(9-20(23-12)27-14(3)21-13(2)25-27)26-10-16(11-26)18-8-15-6-4-5-7-17(15)24-18/h4-7,9,16H,8,10-11H2,1-3H3. The molecule has 1 fully saturated rings. The summed E-state index contributed by atoms with van der Waals surface area (Å²) in [5, 5.41) is 4.44. The average Bonchev–Trinajstić information content (AvgIpc) is 3.15. The van der Waals surface area contributed by atoms with Crippen LogP contribution >= 0.6 is 0 Å². The molecule has 0 saturated carbocycles. The smallest absolute Gasteiger partial charge is 0.161 e. The molecule has 2 aliphatic heterocycles. The van der Waals surface area contributed by atoms with Gasteiger partial charge in [0.25, 0.3) is 0 Å². The maximum atomic E-state index is 4.83. The minimum Gasteiger partial charge on any atom is -0.355 e. The molecular weight excluding hydrogens is 338 g/mol. The van der Waals surface area contributed by atoms with Crippen molar-refractivity contribution in [1.82, 2.24) is 24.7 Å². The van der Waals surface area contributed by atoms with Crippen molar-refractivity contribution < 1.29 is 0 Å². The van der Waals surface area contributed by atoms with Crippen LogP contribution in [-0.4, -0.2) is 43.5 Å². The van der Waals surface area contributed by atoms with Crippen LogP contribution < -0.4 is 4.90 Å². The molecule has 136 valence electrons. The molecule has 1 aromatic carbocycles. The lowest BCUT2D eigenvalue weighted by Gasteiger charge is -2.40. The van der Waals surface area contributed by atoms with E-state index in [2.05, 4.69) is 49.2 Å². The van der Waals surface area contributed by atoms with E-state index < -0.39 is 0 Å². The first-order chi connectivity index (χ1) is 13.1. The molecule has 0 atom stereocenters. The second kappa shape index (κ2) is 5.97. The van der Waals surface area contributed by atoms with Crippen molar-refractivity contribution in [3.63, 3.8) is 0 Å². The van der Waals surface area contributed by atoms with E-state index in [9.17, 15) is 0 Å². The highest BCUT2D eigenvalue weighted by Gasteiger charge is 2.34. The molecule has 2 aromatic heterocycles. The molecule has 0 radical (unpaired) electrons. The number of fused-ring (bicyclic) bond motifs is 1. The zero-order chi connectivity index (χ0) is 18.5. The second-order valence-corrected chi connectivity index (χ2v) is 7.26. The molecule has 0 spiro atoms. The van der Waals surface area contributed by atoms with Gasteiger partial charge in [0.2, 0.25) is 0 Å². The first-order valence-corrected chi connectivity index (χ1v) is 9.23. The Kier molecular flexibility index (Phi) is 3.56. The first kappa shape index (κ1) is 16.1. The van der Waals surface area contributed by atoms with Gasteiger partial charge in [0.15, 0.2) is 5.82 Å². The minimum atomic E-state index is 0.492. The van der Waals surface area contributed by atoms with Gasteiger partial charge >= 0.3 is 0 Å². The van der Waals surface area contributed by atoms with Crippen LogP contribution in [-0.2, 0) is 6.42 Å². The van der Waals surface area contributed by atoms with E-state index in [1.54, 1.807) is 4.68 Å². The van der Waals surface area contributed by atoms with Crippen LogP contribution in [0.25, 0.3) is 5.82 Å². The average molecular weight is 359 g/mol. The topological polar surface area (TPSA) is 72.1 Å². The van der Waals surface area contributed by atoms with Gasteiger partial charge < -0.3 is 4.90 Å². The van der Waals surface area contributed by atoms with Crippen molar-refractivity contribution in [3.05, 3.63) is 53.4 Å². The normalized spacial score (nSPS) is 16.3. The Hall–Kier alpha value is -3.09. The minimum absolute atomic E-state index is 0.492. The van der Waals surface area contributed by atoms with E-state index in [4.69, 9.17) is 4.99 Å². The van der Waals surface area contributed by atoms with Crippen LogP contribution in [0.3, 0.4) is 0 Å². The van der Waals surface area contributed by atoms with Gasteiger partial charge in [-0.15, -0.1) is 5.10 Å². The highest BCUT2D eigenvalue weighted by Crippen LogP contribution is 2.33. The van der Waals surface area contributed by atoms with Gasteiger partial charge in [-0.05, 0) is 32.4 Å². The lowest BCUT2D eigenvalue weighted by Crippen LogP contribution is -2.51. The van der Waals surface area contributed by atoms with Crippen LogP contribution in [0.4, 0.5) is 11.5 Å². The molecule has 0 unspecified atom stereocenters. The summed E-state index contributed by atoms with van der Waals surface area (Å²) in [6.45, 7) is 7.63. The number of hydrogen-bond acceptors (Lipinski definition) is 6. The Balaban J connectivity index is 1.35. The lowest BCUT2D eigenvalue weighted by molar-refractivity contribution is 0.512. The monoisotopic (exact) mass is 359 g/mol. The number of nitrogens with zero attached hydrogens (tertiary/aromatic N) is 7. The fourth-order valence-electron chi connectivity index (χ4n) is 3.82. The van der Waals surface area contributed by atoms with Gasteiger partial charge in [0.1, 0.15) is 23.3 Å². The zero-order valence-electron chi connectivity index (χ0n) is 15.7. The summed E-state index contributed by atoms with van der Waals surface area (Å²) in [7, 11) is 0. The van der Waals surface area contributed by atoms with E-state index in [1.165, 1.54) is 11.3 Å². The molecule has 0 bridgehead atoms. The van der Waals surface area contributed by atoms with Crippen molar-refractivity contribution in [2.45, 2.75) is 27.2 Å². The van der Waals surface area contributed by atoms with Gasteiger partial charge in [0, 0.05) is 37.2 Å². The van der Waals surface area contributed by atoms with Crippen LogP contribution in [0.15, 0.2) is 35.3 Å². The first-order valence-electron chi connectivity index (χ1n) is 9.23. The van der Waals surface area contributed by atoms with E-state index in [1.807, 2.05) is 26.8 Å². The molecule has 2 aliphatic rings. The Bertz CT molecular complexity index is 1060. The third-order valence-corrected chi connectivity index (χ3v) is 5.21. The van der Waals surface area contributed by atoms with Crippen LogP contribution in [0.1, 0.15) is 23.0 Å². The third-order valence-electron chi connectivity index (χ3n) is 5.21. The van der Waals surface area contributed by atoms with Crippen molar-refractivity contribution in [1.29, 1.82) is 0 Å². The SMILES string of the molecule is Cc1nc(N2CC(C3=Nc4ccccc4C3)C2)cc(-n2nc(C)nc2C)n1. The molecule has 0 aliphatic carbocycles. The molecule has 7 nitrogen and oxygen atoms in total. The zero-order valence-corrected chi connectivity index (χ0v) is 15.7. The number of benzene rings is 1. The van der Waals surface area contributed by atoms with E-state index >= 15 is 0 Å². The molecule has 4 heterocycles. The van der Waals surface area contributed by atoms with Gasteiger partial charge in [0.05, 0.1) is 5.69 Å². The largest absolute Gasteiger partial charge is 0.355 e. The molecule has 27 heavy (non-hydrogen) atoms. The van der Waals surface area contributed by atoms with Crippen molar-refractivity contribution in [2.75, 3.05) is 18.0 Å². The van der Waals surface area contributed by atoms with Crippen molar-refractivity contribution in [3.8, 4) is 5.82 Å². The maximum absolute atomic E-state index is 4.83. The number of aromatic nitrogens is 5. The van der Waals surface area contributed by atoms with E-state index in [0.717, 1.165) is 54.3 Å². The van der Waals surface area contributed by atoms with Gasteiger partial charge in [-0.3, -0.25) is 4.99 Å². The maximum Gasteiger partial charge on any atom is 0.161 e. The predicted molar refractivity (Wildman–Crippen MR) is 104 cm³/mol. The Morgan fingerprint density at radius 1 is 0.926 bits per heavy atom. The highest BCUT2D eigenvalue weighted by molar-refractivity contribution is 5.97. The number of para-hydroxylation sites is 1. The van der Waals surface area contributed by atoms with E-state index in [-0.39, 0.29) is 0 Å². The Morgan fingerprint density at radius 2 is 1.70 bits per heavy atom. The fourth-order valence-corrected chi connectivity index (χ4v) is 3.82. The number of aryl methyl sites for hydroxylation is 3. The molecule has 3 aromatic rings. The predicted octanol–water partition coefficient (Wildman–Crippen LogP) is 2.75. The van der Waals surface area contributed by atoms with Gasteiger partial charge in [-0.2, -0.15) is 4.68 Å². The molecule has 5 rings (SSSR count). The molecule has 0 N–H and O–H groups in total. The summed E-state index contributed by atoms with van der Waals surface area (Å²) >= 11 is 0. The molecular formula is C20H21N7. The summed E-state index contributed by atoms with van der Waals surface area (Å²) in [5.74, 6) is 4.52. The summed E-state index contributed by atoms with van der Waals surface area (Å²) < 4.78 is 1.78. The van der Waals surface area contributed by atoms with E-state index in [0.29, 0.717) is 5.92 Å². The number of rotatable bonds is 3. The molecule has 0 amide bonds. The van der Waals surface area contributed by atoms with Crippen LogP contribution in [0.2, 0.25) is 0 Å². The van der Waals surface area contributed by atoms with Crippen LogP contribution in [0.5, 0.6) is 0 Å². The highest BCUT2D eigenvalue weighted by atomic mass is 15.4. The number of anilines is 1. The quantitative estimate of drug-likeness (QED) is 0.719. The third kappa shape index (κ3) is 2.79. The molecule has 1 saturated heterocycles.